The molecule has 1 atom stereocenters. The summed E-state index contributed by atoms with van der Waals surface area (Å²) in [6.45, 7) is 2.43. The van der Waals surface area contributed by atoms with Crippen molar-refractivity contribution >= 4 is 40.9 Å². The molecule has 166 valence electrons. The number of aromatic carboxylic acids is 1. The molecule has 3 rings (SSSR count). The molecule has 0 saturated heterocycles. The maximum absolute atomic E-state index is 13.0. The highest BCUT2D eigenvalue weighted by molar-refractivity contribution is 6.31. The third kappa shape index (κ3) is 6.22. The van der Waals surface area contributed by atoms with Crippen LogP contribution in [0.4, 0.5) is 5.82 Å². The number of aromatic nitrogens is 1. The van der Waals surface area contributed by atoms with E-state index in [-0.39, 0.29) is 17.5 Å². The Labute approximate surface area is 196 Å². The van der Waals surface area contributed by atoms with Crippen LogP contribution in [0.2, 0.25) is 10.0 Å². The zero-order valence-corrected chi connectivity index (χ0v) is 19.2. The van der Waals surface area contributed by atoms with Crippen molar-refractivity contribution in [1.82, 2.24) is 10.3 Å². The standard InChI is InChI=1S/C24H23Cl2N3O3/c1-15(11-16-3-7-18(8-4-16)24(31)32)28-23(30)21-12-20(26)13-27-22(21)29(2)14-17-5-9-19(25)10-6-17/h3-10,12-13,15H,11,14H2,1-2H3,(H,28,30)(H,31,32)/t15-/m0/s1. The van der Waals surface area contributed by atoms with Crippen molar-refractivity contribution in [2.24, 2.45) is 0 Å². The summed E-state index contributed by atoms with van der Waals surface area (Å²) in [5, 5.41) is 13.0. The molecule has 0 saturated carbocycles. The fourth-order valence-corrected chi connectivity index (χ4v) is 3.62. The number of benzene rings is 2. The summed E-state index contributed by atoms with van der Waals surface area (Å²) in [6.07, 6.45) is 2.06. The lowest BCUT2D eigenvalue weighted by Gasteiger charge is -2.22. The molecular weight excluding hydrogens is 449 g/mol. The van der Waals surface area contributed by atoms with Gasteiger partial charge in [0, 0.05) is 30.9 Å². The predicted molar refractivity (Wildman–Crippen MR) is 127 cm³/mol. The number of hydrogen-bond acceptors (Lipinski definition) is 4. The van der Waals surface area contributed by atoms with Gasteiger partial charge in [-0.3, -0.25) is 4.79 Å². The lowest BCUT2D eigenvalue weighted by molar-refractivity contribution is 0.0696. The lowest BCUT2D eigenvalue weighted by atomic mass is 10.0. The Morgan fingerprint density at radius 3 is 2.28 bits per heavy atom. The van der Waals surface area contributed by atoms with Gasteiger partial charge < -0.3 is 15.3 Å². The number of amides is 1. The van der Waals surface area contributed by atoms with Gasteiger partial charge in [-0.2, -0.15) is 0 Å². The molecule has 2 aromatic carbocycles. The van der Waals surface area contributed by atoms with Crippen molar-refractivity contribution in [2.45, 2.75) is 25.9 Å². The number of rotatable bonds is 8. The van der Waals surface area contributed by atoms with Crippen LogP contribution in [-0.2, 0) is 13.0 Å². The topological polar surface area (TPSA) is 82.5 Å². The van der Waals surface area contributed by atoms with E-state index in [1.165, 1.54) is 6.20 Å². The fourth-order valence-electron chi connectivity index (χ4n) is 3.33. The van der Waals surface area contributed by atoms with Crippen molar-refractivity contribution in [2.75, 3.05) is 11.9 Å². The Kier molecular flexibility index (Phi) is 7.72. The minimum Gasteiger partial charge on any atom is -0.478 e. The second-order valence-electron chi connectivity index (χ2n) is 7.59. The van der Waals surface area contributed by atoms with E-state index in [4.69, 9.17) is 28.3 Å². The van der Waals surface area contributed by atoms with Gasteiger partial charge in [-0.15, -0.1) is 0 Å². The largest absolute Gasteiger partial charge is 0.478 e. The Bertz CT molecular complexity index is 1100. The first-order chi connectivity index (χ1) is 15.2. The van der Waals surface area contributed by atoms with Crippen LogP contribution in [0.1, 0.15) is 38.8 Å². The molecule has 0 fully saturated rings. The average molecular weight is 472 g/mol. The molecule has 0 spiro atoms. The first-order valence-corrected chi connectivity index (χ1v) is 10.7. The monoisotopic (exact) mass is 471 g/mol. The van der Waals surface area contributed by atoms with Crippen molar-refractivity contribution in [3.8, 4) is 0 Å². The van der Waals surface area contributed by atoms with E-state index in [0.29, 0.717) is 34.4 Å². The zero-order chi connectivity index (χ0) is 23.3. The van der Waals surface area contributed by atoms with E-state index < -0.39 is 5.97 Å². The van der Waals surface area contributed by atoms with Crippen LogP contribution in [0.3, 0.4) is 0 Å². The second kappa shape index (κ2) is 10.5. The van der Waals surface area contributed by atoms with E-state index in [9.17, 15) is 9.59 Å². The molecule has 1 aromatic heterocycles. The third-order valence-corrected chi connectivity index (χ3v) is 5.35. The van der Waals surface area contributed by atoms with Crippen molar-refractivity contribution in [3.05, 3.63) is 93.1 Å². The summed E-state index contributed by atoms with van der Waals surface area (Å²) in [7, 11) is 1.86. The predicted octanol–water partition coefficient (Wildman–Crippen LogP) is 5.08. The molecule has 1 amide bonds. The highest BCUT2D eigenvalue weighted by Gasteiger charge is 2.19. The maximum Gasteiger partial charge on any atom is 0.335 e. The number of hydrogen-bond donors (Lipinski definition) is 2. The van der Waals surface area contributed by atoms with E-state index in [0.717, 1.165) is 11.1 Å². The molecule has 0 aliphatic heterocycles. The summed E-state index contributed by atoms with van der Waals surface area (Å²) in [5.41, 5.74) is 2.55. The van der Waals surface area contributed by atoms with Crippen molar-refractivity contribution in [3.63, 3.8) is 0 Å². The quantitative estimate of drug-likeness (QED) is 0.478. The van der Waals surface area contributed by atoms with Gasteiger partial charge in [0.15, 0.2) is 0 Å². The number of carboxylic acids is 1. The van der Waals surface area contributed by atoms with E-state index in [1.807, 2.05) is 43.1 Å². The minimum absolute atomic E-state index is 0.188. The molecule has 0 aliphatic rings. The Morgan fingerprint density at radius 1 is 1.03 bits per heavy atom. The van der Waals surface area contributed by atoms with E-state index in [2.05, 4.69) is 10.3 Å². The normalized spacial score (nSPS) is 11.6. The molecule has 0 unspecified atom stereocenters. The summed E-state index contributed by atoms with van der Waals surface area (Å²) in [5.74, 6) is -0.742. The molecule has 1 heterocycles. The molecule has 3 aromatic rings. The SMILES string of the molecule is C[C@@H](Cc1ccc(C(=O)O)cc1)NC(=O)c1cc(Cl)cnc1N(C)Cc1ccc(Cl)cc1. The molecule has 2 N–H and O–H groups in total. The van der Waals surface area contributed by atoms with Gasteiger partial charge in [-0.1, -0.05) is 47.5 Å². The number of carbonyl (C=O) groups excluding carboxylic acids is 1. The number of halogens is 2. The highest BCUT2D eigenvalue weighted by atomic mass is 35.5. The van der Waals surface area contributed by atoms with Crippen LogP contribution in [0, 0.1) is 0 Å². The maximum atomic E-state index is 13.0. The van der Waals surface area contributed by atoms with E-state index >= 15 is 0 Å². The Hall–Kier alpha value is -3.09. The van der Waals surface area contributed by atoms with Gasteiger partial charge in [0.05, 0.1) is 16.1 Å². The Morgan fingerprint density at radius 2 is 1.66 bits per heavy atom. The van der Waals surface area contributed by atoms with E-state index in [1.54, 1.807) is 30.3 Å². The van der Waals surface area contributed by atoms with Crippen LogP contribution in [0.5, 0.6) is 0 Å². The van der Waals surface area contributed by atoms with Crippen molar-refractivity contribution < 1.29 is 14.7 Å². The highest BCUT2D eigenvalue weighted by Crippen LogP contribution is 2.23. The Balaban J connectivity index is 1.71. The summed E-state index contributed by atoms with van der Waals surface area (Å²) in [6, 6.07) is 15.5. The number of nitrogens with zero attached hydrogens (tertiary/aromatic N) is 2. The number of anilines is 1. The smallest absolute Gasteiger partial charge is 0.335 e. The number of carboxylic acid groups (broad SMARTS) is 1. The van der Waals surface area contributed by atoms with Gasteiger partial charge in [0.1, 0.15) is 5.82 Å². The molecular formula is C24H23Cl2N3O3. The van der Waals surface area contributed by atoms with Gasteiger partial charge in [-0.25, -0.2) is 9.78 Å². The van der Waals surface area contributed by atoms with Gasteiger partial charge >= 0.3 is 5.97 Å². The third-order valence-electron chi connectivity index (χ3n) is 4.89. The average Bonchev–Trinajstić information content (AvgIpc) is 2.75. The van der Waals surface area contributed by atoms with Crippen LogP contribution in [0.15, 0.2) is 60.8 Å². The molecule has 8 heteroatoms. The summed E-state index contributed by atoms with van der Waals surface area (Å²) in [4.78, 5) is 30.3. The minimum atomic E-state index is -0.971. The fraction of sp³-hybridized carbons (Fsp3) is 0.208. The van der Waals surface area contributed by atoms with Gasteiger partial charge in [-0.05, 0) is 54.8 Å². The first-order valence-electron chi connectivity index (χ1n) is 9.97. The molecule has 0 bridgehead atoms. The van der Waals surface area contributed by atoms with Crippen molar-refractivity contribution in [1.29, 1.82) is 0 Å². The first kappa shape index (κ1) is 23.6. The number of carbonyl (C=O) groups is 2. The zero-order valence-electron chi connectivity index (χ0n) is 17.7. The van der Waals surface area contributed by atoms with Crippen LogP contribution >= 0.6 is 23.2 Å². The summed E-state index contributed by atoms with van der Waals surface area (Å²) < 4.78 is 0. The van der Waals surface area contributed by atoms with Gasteiger partial charge in [0.25, 0.3) is 5.91 Å². The second-order valence-corrected chi connectivity index (χ2v) is 8.46. The molecule has 0 radical (unpaired) electrons. The number of pyridine rings is 1. The summed E-state index contributed by atoms with van der Waals surface area (Å²) >= 11 is 12.1. The molecule has 0 aliphatic carbocycles. The number of nitrogens with one attached hydrogen (secondary N) is 1. The van der Waals surface area contributed by atoms with Crippen LogP contribution in [-0.4, -0.2) is 35.1 Å². The van der Waals surface area contributed by atoms with Crippen LogP contribution < -0.4 is 10.2 Å². The lowest BCUT2D eigenvalue weighted by Crippen LogP contribution is -2.35. The van der Waals surface area contributed by atoms with Gasteiger partial charge in [0.2, 0.25) is 0 Å². The van der Waals surface area contributed by atoms with Crippen LogP contribution in [0.25, 0.3) is 0 Å². The molecule has 32 heavy (non-hydrogen) atoms. The molecule has 6 nitrogen and oxygen atoms in total.